The molecular formula is C15H23N3OS. The molecule has 2 amide bonds. The highest BCUT2D eigenvalue weighted by molar-refractivity contribution is 7.99. The Bertz CT molecular complexity index is 458. The SMILES string of the molecule is CCCNC(=O)Nc1ccc(N2CCSCC2)cc1C. The predicted molar refractivity (Wildman–Crippen MR) is 88.0 cm³/mol. The zero-order valence-corrected chi connectivity index (χ0v) is 13.1. The molecule has 0 saturated carbocycles. The van der Waals surface area contributed by atoms with Gasteiger partial charge in [-0.05, 0) is 37.1 Å². The van der Waals surface area contributed by atoms with Crippen molar-refractivity contribution in [2.24, 2.45) is 0 Å². The Hall–Kier alpha value is -1.36. The number of amides is 2. The van der Waals surface area contributed by atoms with Gasteiger partial charge in [0.05, 0.1) is 0 Å². The van der Waals surface area contributed by atoms with Crippen LogP contribution in [-0.4, -0.2) is 37.2 Å². The predicted octanol–water partition coefficient (Wildman–Crippen LogP) is 3.08. The number of benzene rings is 1. The molecule has 1 saturated heterocycles. The van der Waals surface area contributed by atoms with Crippen molar-refractivity contribution >= 4 is 29.2 Å². The van der Waals surface area contributed by atoms with Crippen molar-refractivity contribution in [3.8, 4) is 0 Å². The van der Waals surface area contributed by atoms with E-state index in [4.69, 9.17) is 0 Å². The number of rotatable bonds is 4. The first-order valence-electron chi connectivity index (χ1n) is 7.19. The molecule has 110 valence electrons. The first kappa shape index (κ1) is 15.0. The topological polar surface area (TPSA) is 44.4 Å². The van der Waals surface area contributed by atoms with E-state index in [-0.39, 0.29) is 6.03 Å². The third-order valence-electron chi connectivity index (χ3n) is 3.37. The van der Waals surface area contributed by atoms with Gasteiger partial charge in [0, 0.05) is 42.5 Å². The van der Waals surface area contributed by atoms with Gasteiger partial charge in [-0.15, -0.1) is 0 Å². The minimum Gasteiger partial charge on any atom is -0.370 e. The van der Waals surface area contributed by atoms with E-state index in [1.807, 2.05) is 31.7 Å². The van der Waals surface area contributed by atoms with E-state index in [0.717, 1.165) is 30.8 Å². The summed E-state index contributed by atoms with van der Waals surface area (Å²) in [6.45, 7) is 6.99. The molecule has 4 nitrogen and oxygen atoms in total. The van der Waals surface area contributed by atoms with Crippen molar-refractivity contribution in [1.29, 1.82) is 0 Å². The first-order valence-corrected chi connectivity index (χ1v) is 8.34. The minimum absolute atomic E-state index is 0.128. The van der Waals surface area contributed by atoms with Gasteiger partial charge in [0.15, 0.2) is 0 Å². The van der Waals surface area contributed by atoms with Crippen LogP contribution in [-0.2, 0) is 0 Å². The number of aryl methyl sites for hydroxylation is 1. The van der Waals surface area contributed by atoms with Gasteiger partial charge >= 0.3 is 6.03 Å². The molecule has 0 unspecified atom stereocenters. The van der Waals surface area contributed by atoms with Crippen molar-refractivity contribution in [3.63, 3.8) is 0 Å². The fourth-order valence-corrected chi connectivity index (χ4v) is 3.11. The molecule has 1 aromatic rings. The molecule has 1 fully saturated rings. The molecule has 20 heavy (non-hydrogen) atoms. The second-order valence-electron chi connectivity index (χ2n) is 4.98. The number of carbonyl (C=O) groups excluding carboxylic acids is 1. The molecule has 0 spiro atoms. The highest BCUT2D eigenvalue weighted by Crippen LogP contribution is 2.24. The quantitative estimate of drug-likeness (QED) is 0.896. The molecule has 0 atom stereocenters. The van der Waals surface area contributed by atoms with E-state index in [2.05, 4.69) is 27.7 Å². The average Bonchev–Trinajstić information content (AvgIpc) is 2.48. The highest BCUT2D eigenvalue weighted by atomic mass is 32.2. The Labute approximate surface area is 125 Å². The van der Waals surface area contributed by atoms with Crippen LogP contribution < -0.4 is 15.5 Å². The monoisotopic (exact) mass is 293 g/mol. The molecule has 1 aromatic carbocycles. The van der Waals surface area contributed by atoms with Gasteiger partial charge in [-0.2, -0.15) is 11.8 Å². The van der Waals surface area contributed by atoms with Gasteiger partial charge in [-0.3, -0.25) is 0 Å². The normalized spacial score (nSPS) is 15.0. The fourth-order valence-electron chi connectivity index (χ4n) is 2.21. The standard InChI is InChI=1S/C15H23N3OS/c1-3-6-16-15(19)17-14-5-4-13(11-12(14)2)18-7-9-20-10-8-18/h4-5,11H,3,6-10H2,1-2H3,(H2,16,17,19). The summed E-state index contributed by atoms with van der Waals surface area (Å²) in [4.78, 5) is 14.1. The number of urea groups is 1. The summed E-state index contributed by atoms with van der Waals surface area (Å²) in [6.07, 6.45) is 0.943. The smallest absolute Gasteiger partial charge is 0.319 e. The molecule has 0 aromatic heterocycles. The Morgan fingerprint density at radius 2 is 2.10 bits per heavy atom. The zero-order chi connectivity index (χ0) is 14.4. The Balaban J connectivity index is 2.00. The minimum atomic E-state index is -0.128. The summed E-state index contributed by atoms with van der Waals surface area (Å²) in [5, 5.41) is 5.73. The van der Waals surface area contributed by atoms with Crippen LogP contribution >= 0.6 is 11.8 Å². The van der Waals surface area contributed by atoms with Crippen molar-refractivity contribution in [2.45, 2.75) is 20.3 Å². The Morgan fingerprint density at radius 1 is 1.35 bits per heavy atom. The van der Waals surface area contributed by atoms with Crippen LogP contribution in [0.1, 0.15) is 18.9 Å². The second kappa shape index (κ2) is 7.43. The van der Waals surface area contributed by atoms with Crippen LogP contribution in [0.25, 0.3) is 0 Å². The molecular weight excluding hydrogens is 270 g/mol. The maximum Gasteiger partial charge on any atom is 0.319 e. The summed E-state index contributed by atoms with van der Waals surface area (Å²) in [7, 11) is 0. The summed E-state index contributed by atoms with van der Waals surface area (Å²) in [5.74, 6) is 2.39. The number of thioether (sulfide) groups is 1. The molecule has 1 aliphatic rings. The van der Waals surface area contributed by atoms with E-state index < -0.39 is 0 Å². The summed E-state index contributed by atoms with van der Waals surface area (Å²) >= 11 is 2.01. The van der Waals surface area contributed by atoms with Gasteiger partial charge in [0.2, 0.25) is 0 Å². The van der Waals surface area contributed by atoms with Crippen LogP contribution in [0.5, 0.6) is 0 Å². The van der Waals surface area contributed by atoms with E-state index in [9.17, 15) is 4.79 Å². The molecule has 1 aliphatic heterocycles. The number of anilines is 2. The Morgan fingerprint density at radius 3 is 2.75 bits per heavy atom. The van der Waals surface area contributed by atoms with Gasteiger partial charge in [0.25, 0.3) is 0 Å². The molecule has 0 aliphatic carbocycles. The number of nitrogens with zero attached hydrogens (tertiary/aromatic N) is 1. The van der Waals surface area contributed by atoms with Gasteiger partial charge < -0.3 is 15.5 Å². The highest BCUT2D eigenvalue weighted by Gasteiger charge is 2.12. The average molecular weight is 293 g/mol. The summed E-state index contributed by atoms with van der Waals surface area (Å²) in [6, 6.07) is 6.12. The molecule has 1 heterocycles. The molecule has 2 N–H and O–H groups in total. The zero-order valence-electron chi connectivity index (χ0n) is 12.2. The van der Waals surface area contributed by atoms with Crippen LogP contribution in [0.4, 0.5) is 16.2 Å². The third kappa shape index (κ3) is 4.07. The van der Waals surface area contributed by atoms with Crippen LogP contribution in [0.2, 0.25) is 0 Å². The maximum absolute atomic E-state index is 11.7. The first-order chi connectivity index (χ1) is 9.70. The van der Waals surface area contributed by atoms with Crippen molar-refractivity contribution in [2.75, 3.05) is 41.4 Å². The van der Waals surface area contributed by atoms with Crippen LogP contribution in [0.15, 0.2) is 18.2 Å². The number of nitrogens with one attached hydrogen (secondary N) is 2. The lowest BCUT2D eigenvalue weighted by molar-refractivity contribution is 0.252. The molecule has 0 radical (unpaired) electrons. The summed E-state index contributed by atoms with van der Waals surface area (Å²) < 4.78 is 0. The van der Waals surface area contributed by atoms with E-state index >= 15 is 0 Å². The molecule has 2 rings (SSSR count). The lowest BCUT2D eigenvalue weighted by Crippen LogP contribution is -2.32. The van der Waals surface area contributed by atoms with Gasteiger partial charge in [0.1, 0.15) is 0 Å². The van der Waals surface area contributed by atoms with Crippen molar-refractivity contribution in [3.05, 3.63) is 23.8 Å². The van der Waals surface area contributed by atoms with E-state index in [0.29, 0.717) is 6.54 Å². The fraction of sp³-hybridized carbons (Fsp3) is 0.533. The molecule has 5 heteroatoms. The van der Waals surface area contributed by atoms with E-state index in [1.54, 1.807) is 0 Å². The number of hydrogen-bond donors (Lipinski definition) is 2. The second-order valence-corrected chi connectivity index (χ2v) is 6.20. The lowest BCUT2D eigenvalue weighted by atomic mass is 10.1. The number of hydrogen-bond acceptors (Lipinski definition) is 3. The largest absolute Gasteiger partial charge is 0.370 e. The van der Waals surface area contributed by atoms with Crippen LogP contribution in [0.3, 0.4) is 0 Å². The Kier molecular flexibility index (Phi) is 5.59. The molecule has 0 bridgehead atoms. The summed E-state index contributed by atoms with van der Waals surface area (Å²) in [5.41, 5.74) is 3.24. The maximum atomic E-state index is 11.7. The van der Waals surface area contributed by atoms with Crippen molar-refractivity contribution < 1.29 is 4.79 Å². The van der Waals surface area contributed by atoms with Crippen LogP contribution in [0, 0.1) is 6.92 Å². The third-order valence-corrected chi connectivity index (χ3v) is 4.31. The lowest BCUT2D eigenvalue weighted by Gasteiger charge is -2.29. The van der Waals surface area contributed by atoms with Gasteiger partial charge in [-0.1, -0.05) is 6.92 Å². The van der Waals surface area contributed by atoms with E-state index in [1.165, 1.54) is 17.2 Å². The number of carbonyl (C=O) groups is 1. The van der Waals surface area contributed by atoms with Gasteiger partial charge in [-0.25, -0.2) is 4.79 Å². The van der Waals surface area contributed by atoms with Crippen molar-refractivity contribution in [1.82, 2.24) is 5.32 Å².